The summed E-state index contributed by atoms with van der Waals surface area (Å²) >= 11 is 3.34. The van der Waals surface area contributed by atoms with Crippen LogP contribution in [0.4, 0.5) is 5.82 Å². The molecule has 0 bridgehead atoms. The highest BCUT2D eigenvalue weighted by atomic mass is 32.1. The molecule has 1 fully saturated rings. The van der Waals surface area contributed by atoms with Crippen LogP contribution in [0.5, 0.6) is 0 Å². The molecule has 0 radical (unpaired) electrons. The minimum Gasteiger partial charge on any atom is -0.352 e. The Balaban J connectivity index is 1.31. The predicted octanol–water partition coefficient (Wildman–Crippen LogP) is 4.20. The number of piperazine rings is 1. The minimum absolute atomic E-state index is 0.229. The van der Waals surface area contributed by atoms with Gasteiger partial charge in [-0.3, -0.25) is 4.79 Å². The summed E-state index contributed by atoms with van der Waals surface area (Å²) < 4.78 is 5.89. The number of nitrogens with zero attached hydrogens (tertiary/aromatic N) is 3. The quantitative estimate of drug-likeness (QED) is 0.665. The Morgan fingerprint density at radius 2 is 1.85 bits per heavy atom. The van der Waals surface area contributed by atoms with Crippen molar-refractivity contribution in [2.75, 3.05) is 31.1 Å². The fourth-order valence-electron chi connectivity index (χ4n) is 4.07. The second-order valence-corrected chi connectivity index (χ2v) is 8.81. The van der Waals surface area contributed by atoms with Crippen LogP contribution < -0.4 is 4.90 Å². The number of rotatable bonds is 2. The van der Waals surface area contributed by atoms with E-state index in [4.69, 9.17) is 0 Å². The van der Waals surface area contributed by atoms with Crippen molar-refractivity contribution in [3.8, 4) is 0 Å². The van der Waals surface area contributed by atoms with Crippen LogP contribution in [-0.4, -0.2) is 41.4 Å². The van der Waals surface area contributed by atoms with Crippen LogP contribution in [0.3, 0.4) is 0 Å². The molecule has 1 aliphatic heterocycles. The molecule has 0 atom stereocenters. The third-order valence-corrected chi connectivity index (χ3v) is 7.42. The van der Waals surface area contributed by atoms with Crippen LogP contribution in [0.2, 0.25) is 0 Å². The molecule has 0 spiro atoms. The third-order valence-electron chi connectivity index (χ3n) is 5.52. The van der Waals surface area contributed by atoms with Gasteiger partial charge in [-0.1, -0.05) is 12.1 Å². The largest absolute Gasteiger partial charge is 0.352 e. The average Bonchev–Trinajstić information content (AvgIpc) is 3.32. The summed E-state index contributed by atoms with van der Waals surface area (Å²) in [5.41, 5.74) is 2.30. The van der Waals surface area contributed by atoms with Crippen molar-refractivity contribution in [2.24, 2.45) is 0 Å². The van der Waals surface area contributed by atoms with E-state index in [0.717, 1.165) is 50.4 Å². The van der Waals surface area contributed by atoms with Gasteiger partial charge in [0, 0.05) is 41.8 Å². The van der Waals surface area contributed by atoms with Crippen LogP contribution >= 0.6 is 22.9 Å². The van der Waals surface area contributed by atoms with Crippen molar-refractivity contribution < 1.29 is 4.79 Å². The predicted molar refractivity (Wildman–Crippen MR) is 109 cm³/mol. The van der Waals surface area contributed by atoms with Crippen molar-refractivity contribution in [1.82, 2.24) is 9.27 Å². The number of amides is 1. The van der Waals surface area contributed by atoms with Gasteiger partial charge in [0.1, 0.15) is 5.82 Å². The molecule has 6 heteroatoms. The Bertz CT molecular complexity index is 953. The Hall–Kier alpha value is -1.92. The van der Waals surface area contributed by atoms with Gasteiger partial charge in [0.15, 0.2) is 0 Å². The van der Waals surface area contributed by atoms with E-state index >= 15 is 0 Å². The fraction of sp³-hybridized carbons (Fsp3) is 0.400. The van der Waals surface area contributed by atoms with E-state index < -0.39 is 0 Å². The van der Waals surface area contributed by atoms with E-state index in [0.29, 0.717) is 0 Å². The Labute approximate surface area is 161 Å². The number of benzene rings is 1. The highest BCUT2D eigenvalue weighted by molar-refractivity contribution is 7.13. The zero-order valence-electron chi connectivity index (χ0n) is 14.6. The number of carbonyl (C=O) groups is 1. The van der Waals surface area contributed by atoms with Crippen molar-refractivity contribution >= 4 is 44.7 Å². The third kappa shape index (κ3) is 2.72. The number of thiophene rings is 1. The standard InChI is InChI=1S/C20H21N3OS2/c24-20(16-13-25-17-7-3-1-5-14(16)17)23-11-9-22(10-12-23)19-15-6-2-4-8-18(15)26-21-19/h2,4,6,8,13H,1,3,5,7,9-12H2. The van der Waals surface area contributed by atoms with E-state index in [1.54, 1.807) is 22.9 Å². The first-order chi connectivity index (χ1) is 12.8. The molecule has 1 amide bonds. The summed E-state index contributed by atoms with van der Waals surface area (Å²) in [7, 11) is 0. The first kappa shape index (κ1) is 16.3. The van der Waals surface area contributed by atoms with Gasteiger partial charge >= 0.3 is 0 Å². The molecule has 4 nitrogen and oxygen atoms in total. The van der Waals surface area contributed by atoms with Gasteiger partial charge in [0.25, 0.3) is 5.91 Å². The van der Waals surface area contributed by atoms with Crippen molar-refractivity contribution in [1.29, 1.82) is 0 Å². The van der Waals surface area contributed by atoms with Crippen LogP contribution in [0.25, 0.3) is 10.1 Å². The molecule has 0 unspecified atom stereocenters. The molecule has 5 rings (SSSR count). The molecule has 2 aliphatic rings. The average molecular weight is 384 g/mol. The summed E-state index contributed by atoms with van der Waals surface area (Å²) in [4.78, 5) is 18.8. The number of aryl methyl sites for hydroxylation is 1. The monoisotopic (exact) mass is 383 g/mol. The summed E-state index contributed by atoms with van der Waals surface area (Å²) in [5.74, 6) is 1.30. The normalized spacial score (nSPS) is 17.5. The van der Waals surface area contributed by atoms with Crippen molar-refractivity contribution in [3.63, 3.8) is 0 Å². The van der Waals surface area contributed by atoms with Crippen molar-refractivity contribution in [2.45, 2.75) is 25.7 Å². The molecule has 0 N–H and O–H groups in total. The van der Waals surface area contributed by atoms with Gasteiger partial charge in [0.2, 0.25) is 0 Å². The number of hydrogen-bond donors (Lipinski definition) is 0. The van der Waals surface area contributed by atoms with Crippen LogP contribution in [-0.2, 0) is 12.8 Å². The van der Waals surface area contributed by atoms with Crippen LogP contribution in [0, 0.1) is 0 Å². The van der Waals surface area contributed by atoms with Gasteiger partial charge in [-0.15, -0.1) is 11.3 Å². The zero-order valence-corrected chi connectivity index (χ0v) is 16.2. The summed E-state index contributed by atoms with van der Waals surface area (Å²) in [6.07, 6.45) is 4.71. The van der Waals surface area contributed by atoms with Crippen LogP contribution in [0.1, 0.15) is 33.6 Å². The van der Waals surface area contributed by atoms with Crippen LogP contribution in [0.15, 0.2) is 29.6 Å². The SMILES string of the molecule is O=C(c1csc2c1CCCC2)N1CCN(c2nsc3ccccc23)CC1. The lowest BCUT2D eigenvalue weighted by molar-refractivity contribution is 0.0746. The lowest BCUT2D eigenvalue weighted by atomic mass is 9.95. The lowest BCUT2D eigenvalue weighted by Crippen LogP contribution is -2.49. The second-order valence-electron chi connectivity index (χ2n) is 7.04. The number of aromatic nitrogens is 1. The Morgan fingerprint density at radius 3 is 2.73 bits per heavy atom. The number of hydrogen-bond acceptors (Lipinski definition) is 5. The van der Waals surface area contributed by atoms with E-state index in [9.17, 15) is 4.79 Å². The van der Waals surface area contributed by atoms with Gasteiger partial charge in [-0.05, 0) is 54.9 Å². The smallest absolute Gasteiger partial charge is 0.255 e. The Morgan fingerprint density at radius 1 is 1.04 bits per heavy atom. The van der Waals surface area contributed by atoms with E-state index in [1.165, 1.54) is 33.4 Å². The zero-order chi connectivity index (χ0) is 17.5. The van der Waals surface area contributed by atoms with Gasteiger partial charge in [0.05, 0.1) is 10.3 Å². The molecule has 3 heterocycles. The highest BCUT2D eigenvalue weighted by Crippen LogP contribution is 2.32. The number of anilines is 1. The van der Waals surface area contributed by atoms with Gasteiger partial charge < -0.3 is 9.80 Å². The summed E-state index contributed by atoms with van der Waals surface area (Å²) in [5, 5.41) is 3.32. The summed E-state index contributed by atoms with van der Waals surface area (Å²) in [6.45, 7) is 3.25. The van der Waals surface area contributed by atoms with E-state index in [1.807, 2.05) is 4.90 Å². The molecular weight excluding hydrogens is 362 g/mol. The molecule has 1 saturated heterocycles. The number of carbonyl (C=O) groups excluding carboxylic acids is 1. The fourth-order valence-corrected chi connectivity index (χ4v) is 5.98. The maximum atomic E-state index is 13.0. The lowest BCUT2D eigenvalue weighted by Gasteiger charge is -2.35. The molecule has 3 aromatic rings. The number of fused-ring (bicyclic) bond motifs is 2. The van der Waals surface area contributed by atoms with E-state index in [-0.39, 0.29) is 5.91 Å². The minimum atomic E-state index is 0.229. The highest BCUT2D eigenvalue weighted by Gasteiger charge is 2.27. The molecule has 1 aromatic carbocycles. The molecule has 134 valence electrons. The molecule has 26 heavy (non-hydrogen) atoms. The Kier molecular flexibility index (Phi) is 4.17. The first-order valence-electron chi connectivity index (χ1n) is 9.29. The molecule has 1 aliphatic carbocycles. The molecule has 2 aromatic heterocycles. The first-order valence-corrected chi connectivity index (χ1v) is 10.9. The second kappa shape index (κ2) is 6.67. The summed E-state index contributed by atoms with van der Waals surface area (Å²) in [6, 6.07) is 8.39. The molecule has 0 saturated carbocycles. The van der Waals surface area contributed by atoms with Gasteiger partial charge in [-0.2, -0.15) is 4.37 Å². The molecular formula is C20H21N3OS2. The van der Waals surface area contributed by atoms with Gasteiger partial charge in [-0.25, -0.2) is 0 Å². The van der Waals surface area contributed by atoms with E-state index in [2.05, 4.69) is 38.9 Å². The maximum absolute atomic E-state index is 13.0. The topological polar surface area (TPSA) is 36.4 Å². The van der Waals surface area contributed by atoms with Crippen molar-refractivity contribution in [3.05, 3.63) is 45.6 Å². The maximum Gasteiger partial charge on any atom is 0.255 e.